The lowest BCUT2D eigenvalue weighted by Gasteiger charge is -2.01. The van der Waals surface area contributed by atoms with Gasteiger partial charge in [-0.1, -0.05) is 11.6 Å². The van der Waals surface area contributed by atoms with Crippen LogP contribution in [0.4, 0.5) is 0 Å². The van der Waals surface area contributed by atoms with Crippen molar-refractivity contribution in [2.24, 2.45) is 5.73 Å². The molecule has 0 fully saturated rings. The molecule has 0 bridgehead atoms. The van der Waals surface area contributed by atoms with Gasteiger partial charge >= 0.3 is 0 Å². The first-order chi connectivity index (χ1) is 6.24. The van der Waals surface area contributed by atoms with Gasteiger partial charge in [-0.3, -0.25) is 4.79 Å². The molecule has 15 heavy (non-hydrogen) atoms. The number of pyridine rings is 1. The van der Waals surface area contributed by atoms with E-state index in [0.717, 1.165) is 0 Å². The summed E-state index contributed by atoms with van der Waals surface area (Å²) in [4.78, 5) is 15.1. The number of hydrogen-bond donors (Lipinski definition) is 2. The van der Waals surface area contributed by atoms with Crippen molar-refractivity contribution in [3.63, 3.8) is 0 Å². The summed E-state index contributed by atoms with van der Waals surface area (Å²) >= 11 is 5.61. The van der Waals surface area contributed by atoms with Gasteiger partial charge in [0.1, 0.15) is 5.69 Å². The van der Waals surface area contributed by atoms with E-state index in [0.29, 0.717) is 23.8 Å². The van der Waals surface area contributed by atoms with Gasteiger partial charge in [-0.25, -0.2) is 4.98 Å². The lowest BCUT2D eigenvalue weighted by atomic mass is 10.3. The van der Waals surface area contributed by atoms with Crippen molar-refractivity contribution >= 4 is 42.3 Å². The summed E-state index contributed by atoms with van der Waals surface area (Å²) in [6, 6.07) is 3.18. The third kappa shape index (κ3) is 5.79. The van der Waals surface area contributed by atoms with Gasteiger partial charge in [0, 0.05) is 19.3 Å². The molecule has 1 heterocycles. The molecule has 1 rings (SSSR count). The third-order valence-corrected chi connectivity index (χ3v) is 1.61. The molecule has 7 heteroatoms. The van der Waals surface area contributed by atoms with Crippen molar-refractivity contribution in [2.75, 3.05) is 13.1 Å². The fourth-order valence-electron chi connectivity index (χ4n) is 0.786. The van der Waals surface area contributed by atoms with Crippen LogP contribution in [-0.4, -0.2) is 24.0 Å². The highest BCUT2D eigenvalue weighted by molar-refractivity contribution is 6.30. The number of aromatic nitrogens is 1. The van der Waals surface area contributed by atoms with Crippen LogP contribution in [0.3, 0.4) is 0 Å². The molecule has 0 saturated heterocycles. The number of nitrogens with zero attached hydrogens (tertiary/aromatic N) is 1. The predicted octanol–water partition coefficient (Wildman–Crippen LogP) is 1.27. The summed E-state index contributed by atoms with van der Waals surface area (Å²) in [6.07, 6.45) is 1.43. The highest BCUT2D eigenvalue weighted by Gasteiger charge is 2.04. The normalized spacial score (nSPS) is 8.40. The number of carbonyl (C=O) groups excluding carboxylic acids is 1. The summed E-state index contributed by atoms with van der Waals surface area (Å²) < 4.78 is 0. The average molecular weight is 273 g/mol. The molecule has 0 aliphatic rings. The zero-order chi connectivity index (χ0) is 9.68. The minimum Gasteiger partial charge on any atom is -0.349 e. The van der Waals surface area contributed by atoms with Crippen molar-refractivity contribution in [2.45, 2.75) is 0 Å². The van der Waals surface area contributed by atoms with Crippen LogP contribution in [0.2, 0.25) is 5.02 Å². The van der Waals surface area contributed by atoms with Crippen molar-refractivity contribution in [1.29, 1.82) is 0 Å². The van der Waals surface area contributed by atoms with Crippen LogP contribution < -0.4 is 11.1 Å². The van der Waals surface area contributed by atoms with Crippen LogP contribution in [0.25, 0.3) is 0 Å². The van der Waals surface area contributed by atoms with Gasteiger partial charge in [0.2, 0.25) is 0 Å². The first kappa shape index (κ1) is 16.9. The van der Waals surface area contributed by atoms with Crippen molar-refractivity contribution in [3.8, 4) is 0 Å². The molecule has 1 aromatic rings. The molecule has 0 atom stereocenters. The molecular formula is C8H12Cl3N3O. The summed E-state index contributed by atoms with van der Waals surface area (Å²) in [5.41, 5.74) is 5.57. The largest absolute Gasteiger partial charge is 0.349 e. The van der Waals surface area contributed by atoms with Gasteiger partial charge in [0.05, 0.1) is 5.02 Å². The van der Waals surface area contributed by atoms with Gasteiger partial charge in [-0.05, 0) is 12.1 Å². The Hall–Kier alpha value is -0.550. The van der Waals surface area contributed by atoms with Crippen LogP contribution in [0.15, 0.2) is 18.3 Å². The maximum Gasteiger partial charge on any atom is 0.269 e. The Bertz CT molecular complexity index is 292. The van der Waals surface area contributed by atoms with E-state index in [2.05, 4.69) is 10.3 Å². The average Bonchev–Trinajstić information content (AvgIpc) is 2.15. The number of nitrogens with one attached hydrogen (secondary N) is 1. The lowest BCUT2D eigenvalue weighted by molar-refractivity contribution is 0.0950. The number of halogens is 3. The number of nitrogens with two attached hydrogens (primary N) is 1. The minimum atomic E-state index is -0.234. The van der Waals surface area contributed by atoms with Crippen LogP contribution >= 0.6 is 36.4 Å². The smallest absolute Gasteiger partial charge is 0.269 e. The molecule has 0 aliphatic carbocycles. The zero-order valence-electron chi connectivity index (χ0n) is 7.77. The summed E-state index contributed by atoms with van der Waals surface area (Å²) in [5, 5.41) is 3.11. The van der Waals surface area contributed by atoms with Crippen LogP contribution in [0, 0.1) is 0 Å². The van der Waals surface area contributed by atoms with Gasteiger partial charge in [0.25, 0.3) is 5.91 Å². The molecule has 0 aliphatic heterocycles. The van der Waals surface area contributed by atoms with Gasteiger partial charge in [0.15, 0.2) is 0 Å². The zero-order valence-corrected chi connectivity index (χ0v) is 10.2. The Morgan fingerprint density at radius 1 is 1.47 bits per heavy atom. The molecule has 1 amide bonds. The van der Waals surface area contributed by atoms with Crippen molar-refractivity contribution in [3.05, 3.63) is 29.0 Å². The van der Waals surface area contributed by atoms with E-state index >= 15 is 0 Å². The molecule has 0 saturated carbocycles. The van der Waals surface area contributed by atoms with E-state index in [1.807, 2.05) is 0 Å². The molecule has 4 nitrogen and oxygen atoms in total. The topological polar surface area (TPSA) is 68.0 Å². The fraction of sp³-hybridized carbons (Fsp3) is 0.250. The highest BCUT2D eigenvalue weighted by Crippen LogP contribution is 2.05. The summed E-state index contributed by atoms with van der Waals surface area (Å²) in [7, 11) is 0. The van der Waals surface area contributed by atoms with Gasteiger partial charge < -0.3 is 11.1 Å². The molecule has 1 aromatic heterocycles. The first-order valence-electron chi connectivity index (χ1n) is 3.84. The van der Waals surface area contributed by atoms with Crippen molar-refractivity contribution in [1.82, 2.24) is 10.3 Å². The molecule has 86 valence electrons. The van der Waals surface area contributed by atoms with Gasteiger partial charge in [-0.15, -0.1) is 24.8 Å². The maximum absolute atomic E-state index is 11.2. The van der Waals surface area contributed by atoms with E-state index in [9.17, 15) is 4.79 Å². The monoisotopic (exact) mass is 271 g/mol. The van der Waals surface area contributed by atoms with E-state index in [-0.39, 0.29) is 30.7 Å². The molecule has 0 aromatic carbocycles. The fourth-order valence-corrected chi connectivity index (χ4v) is 0.898. The third-order valence-electron chi connectivity index (χ3n) is 1.39. The molecular weight excluding hydrogens is 260 g/mol. The second kappa shape index (κ2) is 8.73. The molecule has 3 N–H and O–H groups in total. The summed E-state index contributed by atoms with van der Waals surface area (Å²) in [5.74, 6) is -0.234. The molecule has 0 radical (unpaired) electrons. The van der Waals surface area contributed by atoms with E-state index in [1.165, 1.54) is 6.20 Å². The van der Waals surface area contributed by atoms with E-state index < -0.39 is 0 Å². The SMILES string of the molecule is Cl.Cl.NCCNC(=O)c1ccc(Cl)cn1. The second-order valence-corrected chi connectivity index (χ2v) is 2.84. The Morgan fingerprint density at radius 3 is 2.60 bits per heavy atom. The van der Waals surface area contributed by atoms with Crippen LogP contribution in [0.1, 0.15) is 10.5 Å². The number of amides is 1. The second-order valence-electron chi connectivity index (χ2n) is 2.41. The lowest BCUT2D eigenvalue weighted by Crippen LogP contribution is -2.29. The maximum atomic E-state index is 11.2. The Morgan fingerprint density at radius 2 is 2.13 bits per heavy atom. The van der Waals surface area contributed by atoms with E-state index in [4.69, 9.17) is 17.3 Å². The van der Waals surface area contributed by atoms with Crippen molar-refractivity contribution < 1.29 is 4.79 Å². The Kier molecular flexibility index (Phi) is 9.82. The number of carbonyl (C=O) groups is 1. The predicted molar refractivity (Wildman–Crippen MR) is 65.1 cm³/mol. The minimum absolute atomic E-state index is 0. The number of rotatable bonds is 3. The first-order valence-corrected chi connectivity index (χ1v) is 4.21. The standard InChI is InChI=1S/C8H10ClN3O.2ClH/c9-6-1-2-7(12-5-6)8(13)11-4-3-10;;/h1-2,5H,3-4,10H2,(H,11,13);2*1H. The van der Waals surface area contributed by atoms with Crippen LogP contribution in [0.5, 0.6) is 0 Å². The Labute approximate surface area is 105 Å². The molecule has 0 unspecified atom stereocenters. The van der Waals surface area contributed by atoms with E-state index in [1.54, 1.807) is 12.1 Å². The quantitative estimate of drug-likeness (QED) is 0.871. The van der Waals surface area contributed by atoms with Gasteiger partial charge in [-0.2, -0.15) is 0 Å². The number of hydrogen-bond acceptors (Lipinski definition) is 3. The molecule has 0 spiro atoms. The summed E-state index contributed by atoms with van der Waals surface area (Å²) in [6.45, 7) is 0.864. The van der Waals surface area contributed by atoms with Crippen LogP contribution in [-0.2, 0) is 0 Å². The highest BCUT2D eigenvalue weighted by atomic mass is 35.5. The Balaban J connectivity index is 0.